The third kappa shape index (κ3) is 3.31. The lowest BCUT2D eigenvalue weighted by Crippen LogP contribution is -2.45. The number of aromatic nitrogens is 2. The molecular weight excluding hydrogens is 300 g/mol. The average Bonchev–Trinajstić information content (AvgIpc) is 2.98. The van der Waals surface area contributed by atoms with Gasteiger partial charge in [-0.1, -0.05) is 32.9 Å². The third-order valence-electron chi connectivity index (χ3n) is 4.03. The summed E-state index contributed by atoms with van der Waals surface area (Å²) in [6, 6.07) is 14.9. The van der Waals surface area contributed by atoms with Crippen molar-refractivity contribution >= 4 is 22.6 Å². The normalized spacial score (nSPS) is 13.0. The van der Waals surface area contributed by atoms with E-state index in [9.17, 15) is 4.79 Å². The average molecular weight is 322 g/mol. The number of carbonyl (C=O) groups excluding carboxylic acids is 1. The van der Waals surface area contributed by atoms with Gasteiger partial charge in [0.2, 0.25) is 5.91 Å². The Balaban J connectivity index is 1.77. The summed E-state index contributed by atoms with van der Waals surface area (Å²) >= 11 is 0. The molecule has 0 fully saturated rings. The van der Waals surface area contributed by atoms with Crippen LogP contribution in [-0.4, -0.2) is 21.9 Å². The number of carbonyl (C=O) groups is 1. The van der Waals surface area contributed by atoms with Crippen molar-refractivity contribution in [1.82, 2.24) is 9.97 Å². The molecule has 0 spiro atoms. The number of fused-ring (bicyclic) bond motifs is 1. The number of hydrogen-bond acceptors (Lipinski definition) is 3. The number of nitrogens with two attached hydrogens (primary N) is 1. The van der Waals surface area contributed by atoms with Crippen molar-refractivity contribution in [2.45, 2.75) is 26.8 Å². The van der Waals surface area contributed by atoms with Gasteiger partial charge in [0.05, 0.1) is 17.1 Å². The Labute approximate surface area is 141 Å². The van der Waals surface area contributed by atoms with Crippen LogP contribution in [0.25, 0.3) is 22.4 Å². The molecule has 1 amide bonds. The zero-order valence-corrected chi connectivity index (χ0v) is 14.1. The molecule has 124 valence electrons. The highest BCUT2D eigenvalue weighted by molar-refractivity contribution is 5.95. The molecule has 1 heterocycles. The lowest BCUT2D eigenvalue weighted by molar-refractivity contribution is -0.119. The molecule has 3 rings (SSSR count). The van der Waals surface area contributed by atoms with Crippen LogP contribution in [0.2, 0.25) is 0 Å². The standard InChI is InChI=1S/C19H22N4O/c1-19(2,3)16(20)18(24)21-13-10-8-12(9-11-13)17-22-14-6-4-5-7-15(14)23-17/h4-11,16H,20H2,1-3H3,(H,21,24)(H,22,23)/t16-/m1/s1. The number of para-hydroxylation sites is 2. The fourth-order valence-electron chi connectivity index (χ4n) is 2.41. The summed E-state index contributed by atoms with van der Waals surface area (Å²) in [4.78, 5) is 20.0. The van der Waals surface area contributed by atoms with Crippen LogP contribution in [0.3, 0.4) is 0 Å². The first kappa shape index (κ1) is 16.2. The maximum Gasteiger partial charge on any atom is 0.241 e. The first-order chi connectivity index (χ1) is 11.3. The fourth-order valence-corrected chi connectivity index (χ4v) is 2.41. The van der Waals surface area contributed by atoms with Crippen LogP contribution in [0.5, 0.6) is 0 Å². The van der Waals surface area contributed by atoms with Crippen molar-refractivity contribution < 1.29 is 4.79 Å². The van der Waals surface area contributed by atoms with Crippen molar-refractivity contribution in [3.8, 4) is 11.4 Å². The van der Waals surface area contributed by atoms with Gasteiger partial charge < -0.3 is 16.0 Å². The zero-order valence-electron chi connectivity index (χ0n) is 14.1. The van der Waals surface area contributed by atoms with Crippen LogP contribution in [0, 0.1) is 5.41 Å². The van der Waals surface area contributed by atoms with E-state index in [2.05, 4.69) is 15.3 Å². The van der Waals surface area contributed by atoms with Crippen molar-refractivity contribution in [2.75, 3.05) is 5.32 Å². The smallest absolute Gasteiger partial charge is 0.241 e. The minimum absolute atomic E-state index is 0.181. The highest BCUT2D eigenvalue weighted by atomic mass is 16.2. The maximum atomic E-state index is 12.2. The molecule has 1 atom stereocenters. The van der Waals surface area contributed by atoms with Crippen molar-refractivity contribution in [2.24, 2.45) is 11.1 Å². The molecule has 1 aromatic heterocycles. The van der Waals surface area contributed by atoms with E-state index in [4.69, 9.17) is 5.73 Å². The highest BCUT2D eigenvalue weighted by Crippen LogP contribution is 2.23. The second-order valence-corrected chi connectivity index (χ2v) is 7.01. The monoisotopic (exact) mass is 322 g/mol. The largest absolute Gasteiger partial charge is 0.338 e. The minimum atomic E-state index is -0.562. The van der Waals surface area contributed by atoms with Crippen LogP contribution >= 0.6 is 0 Å². The number of rotatable bonds is 3. The number of hydrogen-bond donors (Lipinski definition) is 3. The predicted octanol–water partition coefficient (Wildman–Crippen LogP) is 3.54. The van der Waals surface area contributed by atoms with Gasteiger partial charge >= 0.3 is 0 Å². The topological polar surface area (TPSA) is 83.8 Å². The zero-order chi connectivity index (χ0) is 17.3. The summed E-state index contributed by atoms with van der Waals surface area (Å²) in [6.45, 7) is 5.84. The Kier molecular flexibility index (Phi) is 4.11. The van der Waals surface area contributed by atoms with Gasteiger partial charge in [0.1, 0.15) is 5.82 Å². The predicted molar refractivity (Wildman–Crippen MR) is 97.6 cm³/mol. The third-order valence-corrected chi connectivity index (χ3v) is 4.03. The number of anilines is 1. The molecule has 0 aliphatic carbocycles. The van der Waals surface area contributed by atoms with Crippen LogP contribution < -0.4 is 11.1 Å². The first-order valence-corrected chi connectivity index (χ1v) is 7.96. The van der Waals surface area contributed by atoms with E-state index < -0.39 is 6.04 Å². The first-order valence-electron chi connectivity index (χ1n) is 7.96. The summed E-state index contributed by atoms with van der Waals surface area (Å²) in [5.41, 5.74) is 9.32. The van der Waals surface area contributed by atoms with E-state index in [0.29, 0.717) is 0 Å². The van der Waals surface area contributed by atoms with Crippen LogP contribution in [0.4, 0.5) is 5.69 Å². The molecule has 4 N–H and O–H groups in total. The van der Waals surface area contributed by atoms with Gasteiger partial charge in [0.15, 0.2) is 0 Å². The molecule has 0 bridgehead atoms. The highest BCUT2D eigenvalue weighted by Gasteiger charge is 2.27. The summed E-state index contributed by atoms with van der Waals surface area (Å²) in [5, 5.41) is 2.86. The number of H-pyrrole nitrogens is 1. The van der Waals surface area contributed by atoms with E-state index >= 15 is 0 Å². The number of amides is 1. The Morgan fingerprint density at radius 1 is 1.12 bits per heavy atom. The molecule has 5 nitrogen and oxygen atoms in total. The number of aromatic amines is 1. The number of nitrogens with zero attached hydrogens (tertiary/aromatic N) is 1. The van der Waals surface area contributed by atoms with E-state index in [1.165, 1.54) is 0 Å². The van der Waals surface area contributed by atoms with Gasteiger partial charge in [0.25, 0.3) is 0 Å². The van der Waals surface area contributed by atoms with E-state index in [-0.39, 0.29) is 11.3 Å². The van der Waals surface area contributed by atoms with Gasteiger partial charge in [-0.3, -0.25) is 4.79 Å². The quantitative estimate of drug-likeness (QED) is 0.689. The van der Waals surface area contributed by atoms with E-state index in [0.717, 1.165) is 28.1 Å². The van der Waals surface area contributed by atoms with Crippen LogP contribution in [-0.2, 0) is 4.79 Å². The SMILES string of the molecule is CC(C)(C)[C@H](N)C(=O)Nc1ccc(-c2nc3ccccc3[nH]2)cc1. The lowest BCUT2D eigenvalue weighted by atomic mass is 9.87. The van der Waals surface area contributed by atoms with Gasteiger partial charge in [0, 0.05) is 11.3 Å². The molecule has 0 unspecified atom stereocenters. The Morgan fingerprint density at radius 3 is 2.42 bits per heavy atom. The lowest BCUT2D eigenvalue weighted by Gasteiger charge is -2.25. The van der Waals surface area contributed by atoms with Gasteiger partial charge in [-0.15, -0.1) is 0 Å². The summed E-state index contributed by atoms with van der Waals surface area (Å²) in [6.07, 6.45) is 0. The molecule has 0 saturated heterocycles. The summed E-state index contributed by atoms with van der Waals surface area (Å²) < 4.78 is 0. The Hall–Kier alpha value is -2.66. The second-order valence-electron chi connectivity index (χ2n) is 7.01. The molecule has 0 radical (unpaired) electrons. The van der Waals surface area contributed by atoms with Gasteiger partial charge in [-0.25, -0.2) is 4.98 Å². The number of benzene rings is 2. The molecule has 5 heteroatoms. The molecule has 2 aromatic carbocycles. The number of nitrogens with one attached hydrogen (secondary N) is 2. The molecule has 0 aliphatic heterocycles. The van der Waals surface area contributed by atoms with Crippen molar-refractivity contribution in [1.29, 1.82) is 0 Å². The molecule has 3 aromatic rings. The second kappa shape index (κ2) is 6.09. The molecule has 0 saturated carbocycles. The molecule has 24 heavy (non-hydrogen) atoms. The summed E-state index contributed by atoms with van der Waals surface area (Å²) in [7, 11) is 0. The molecular formula is C19H22N4O. The van der Waals surface area contributed by atoms with Crippen LogP contribution in [0.15, 0.2) is 48.5 Å². The van der Waals surface area contributed by atoms with E-state index in [1.807, 2.05) is 69.3 Å². The van der Waals surface area contributed by atoms with Gasteiger partial charge in [-0.2, -0.15) is 0 Å². The van der Waals surface area contributed by atoms with Crippen molar-refractivity contribution in [3.05, 3.63) is 48.5 Å². The minimum Gasteiger partial charge on any atom is -0.338 e. The maximum absolute atomic E-state index is 12.2. The molecule has 0 aliphatic rings. The number of imidazole rings is 1. The fraction of sp³-hybridized carbons (Fsp3) is 0.263. The Bertz CT molecular complexity index is 826. The van der Waals surface area contributed by atoms with Gasteiger partial charge in [-0.05, 0) is 41.8 Å². The van der Waals surface area contributed by atoms with E-state index in [1.54, 1.807) is 0 Å². The van der Waals surface area contributed by atoms with Crippen LogP contribution in [0.1, 0.15) is 20.8 Å². The Morgan fingerprint density at radius 2 is 1.79 bits per heavy atom. The summed E-state index contributed by atoms with van der Waals surface area (Å²) in [5.74, 6) is 0.624. The van der Waals surface area contributed by atoms with Crippen molar-refractivity contribution in [3.63, 3.8) is 0 Å².